The zero-order valence-corrected chi connectivity index (χ0v) is 16.6. The molecular formula is C19H18Cl2N2O2S. The summed E-state index contributed by atoms with van der Waals surface area (Å²) in [6.45, 7) is 3.57. The molecule has 1 aliphatic rings. The van der Waals surface area contributed by atoms with Crippen LogP contribution in [0.1, 0.15) is 22.8 Å². The van der Waals surface area contributed by atoms with Crippen LogP contribution in [0.2, 0.25) is 10.0 Å². The number of thioether (sulfide) groups is 1. The zero-order chi connectivity index (χ0) is 18.5. The van der Waals surface area contributed by atoms with Gasteiger partial charge in [-0.15, -0.1) is 0 Å². The van der Waals surface area contributed by atoms with E-state index in [9.17, 15) is 4.79 Å². The van der Waals surface area contributed by atoms with Crippen LogP contribution >= 0.6 is 35.0 Å². The molecular weight excluding hydrogens is 391 g/mol. The maximum atomic E-state index is 13.0. The third-order valence-corrected chi connectivity index (χ3v) is 5.49. The number of ether oxygens (including phenoxy) is 1. The van der Waals surface area contributed by atoms with Gasteiger partial charge < -0.3 is 4.74 Å². The van der Waals surface area contributed by atoms with E-state index in [0.29, 0.717) is 52.0 Å². The Kier molecular flexibility index (Phi) is 6.46. The third kappa shape index (κ3) is 4.34. The Morgan fingerprint density at radius 1 is 1.27 bits per heavy atom. The summed E-state index contributed by atoms with van der Waals surface area (Å²) in [6, 6.07) is 12.7. The summed E-state index contributed by atoms with van der Waals surface area (Å²) in [4.78, 5) is 19.2. The lowest BCUT2D eigenvalue weighted by atomic mass is 10.2. The van der Waals surface area contributed by atoms with Gasteiger partial charge in [0.1, 0.15) is 5.75 Å². The van der Waals surface area contributed by atoms with Crippen LogP contribution < -0.4 is 4.74 Å². The van der Waals surface area contributed by atoms with Gasteiger partial charge >= 0.3 is 0 Å². The van der Waals surface area contributed by atoms with Crippen molar-refractivity contribution in [3.05, 3.63) is 63.6 Å². The lowest BCUT2D eigenvalue weighted by Crippen LogP contribution is -2.33. The Balaban J connectivity index is 1.73. The highest BCUT2D eigenvalue weighted by Crippen LogP contribution is 2.28. The highest BCUT2D eigenvalue weighted by atomic mass is 35.5. The maximum Gasteiger partial charge on any atom is 0.263 e. The molecule has 1 amide bonds. The molecule has 0 bridgehead atoms. The van der Waals surface area contributed by atoms with Crippen molar-refractivity contribution >= 4 is 46.0 Å². The van der Waals surface area contributed by atoms with E-state index in [1.54, 1.807) is 23.1 Å². The number of halogens is 2. The van der Waals surface area contributed by atoms with Crippen LogP contribution in [0.4, 0.5) is 0 Å². The fourth-order valence-electron chi connectivity index (χ4n) is 2.59. The topological polar surface area (TPSA) is 41.9 Å². The number of aliphatic imine (C=N–C) groups is 1. The van der Waals surface area contributed by atoms with Crippen LogP contribution in [0.5, 0.6) is 5.75 Å². The van der Waals surface area contributed by atoms with Gasteiger partial charge in [-0.25, -0.2) is 0 Å². The second kappa shape index (κ2) is 8.80. The Hall–Kier alpha value is -1.69. The van der Waals surface area contributed by atoms with E-state index in [2.05, 4.69) is 4.99 Å². The predicted octanol–water partition coefficient (Wildman–Crippen LogP) is 5.14. The minimum atomic E-state index is -0.0972. The fourth-order valence-corrected chi connectivity index (χ4v) is 4.19. The Bertz CT molecular complexity index is 842. The number of para-hydroxylation sites is 1. The van der Waals surface area contributed by atoms with Gasteiger partial charge in [0.25, 0.3) is 5.91 Å². The number of hydrogen-bond acceptors (Lipinski definition) is 4. The molecule has 0 N–H and O–H groups in total. The predicted molar refractivity (Wildman–Crippen MR) is 109 cm³/mol. The van der Waals surface area contributed by atoms with Crippen LogP contribution in [-0.4, -0.2) is 35.7 Å². The molecule has 0 saturated heterocycles. The number of carbonyl (C=O) groups excluding carboxylic acids is 1. The van der Waals surface area contributed by atoms with Crippen LogP contribution in [-0.2, 0) is 5.75 Å². The third-order valence-electron chi connectivity index (χ3n) is 3.84. The number of amides is 1. The first-order valence-electron chi connectivity index (χ1n) is 8.25. The van der Waals surface area contributed by atoms with Crippen molar-refractivity contribution in [1.29, 1.82) is 0 Å². The molecule has 3 rings (SSSR count). The highest BCUT2D eigenvalue weighted by molar-refractivity contribution is 8.13. The standard InChI is InChI=1S/C19H18Cl2N2O2S/c1-2-25-17-6-4-3-5-15(17)18(24)23-10-9-22-19(23)26-12-13-7-8-14(20)11-16(13)21/h3-8,11H,2,9-10,12H2,1H3. The monoisotopic (exact) mass is 408 g/mol. The van der Waals surface area contributed by atoms with E-state index in [0.717, 1.165) is 5.56 Å². The van der Waals surface area contributed by atoms with E-state index in [1.807, 2.05) is 31.2 Å². The number of nitrogens with zero attached hydrogens (tertiary/aromatic N) is 2. The summed E-state index contributed by atoms with van der Waals surface area (Å²) in [5.41, 5.74) is 1.51. The molecule has 26 heavy (non-hydrogen) atoms. The molecule has 0 atom stereocenters. The average Bonchev–Trinajstić information content (AvgIpc) is 3.10. The minimum absolute atomic E-state index is 0.0972. The second-order valence-corrected chi connectivity index (χ2v) is 7.36. The molecule has 1 heterocycles. The van der Waals surface area contributed by atoms with Crippen molar-refractivity contribution in [2.24, 2.45) is 4.99 Å². The van der Waals surface area contributed by atoms with Crippen molar-refractivity contribution in [3.8, 4) is 5.75 Å². The molecule has 0 aliphatic carbocycles. The molecule has 0 aromatic heterocycles. The molecule has 0 saturated carbocycles. The summed E-state index contributed by atoms with van der Waals surface area (Å²) < 4.78 is 5.59. The summed E-state index contributed by atoms with van der Waals surface area (Å²) in [5.74, 6) is 1.11. The largest absolute Gasteiger partial charge is 0.493 e. The van der Waals surface area contributed by atoms with Crippen molar-refractivity contribution in [2.75, 3.05) is 19.7 Å². The van der Waals surface area contributed by atoms with E-state index in [4.69, 9.17) is 27.9 Å². The molecule has 1 aliphatic heterocycles. The number of hydrogen-bond donors (Lipinski definition) is 0. The van der Waals surface area contributed by atoms with E-state index in [1.165, 1.54) is 11.8 Å². The van der Waals surface area contributed by atoms with Crippen LogP contribution in [0, 0.1) is 0 Å². The summed E-state index contributed by atoms with van der Waals surface area (Å²) >= 11 is 13.7. The lowest BCUT2D eigenvalue weighted by Gasteiger charge is -2.19. The second-order valence-electron chi connectivity index (χ2n) is 5.57. The van der Waals surface area contributed by atoms with Crippen LogP contribution in [0.25, 0.3) is 0 Å². The number of rotatable bonds is 5. The molecule has 136 valence electrons. The smallest absolute Gasteiger partial charge is 0.263 e. The van der Waals surface area contributed by atoms with Gasteiger partial charge in [0.15, 0.2) is 5.17 Å². The summed E-state index contributed by atoms with van der Waals surface area (Å²) in [7, 11) is 0. The Labute approximate surface area is 167 Å². The Morgan fingerprint density at radius 3 is 2.85 bits per heavy atom. The summed E-state index contributed by atoms with van der Waals surface area (Å²) in [5, 5.41) is 1.92. The van der Waals surface area contributed by atoms with Crippen molar-refractivity contribution in [2.45, 2.75) is 12.7 Å². The van der Waals surface area contributed by atoms with Gasteiger partial charge in [-0.2, -0.15) is 0 Å². The zero-order valence-electron chi connectivity index (χ0n) is 14.2. The van der Waals surface area contributed by atoms with Gasteiger partial charge in [-0.3, -0.25) is 14.7 Å². The van der Waals surface area contributed by atoms with Crippen LogP contribution in [0.15, 0.2) is 47.5 Å². The lowest BCUT2D eigenvalue weighted by molar-refractivity contribution is 0.0856. The van der Waals surface area contributed by atoms with E-state index < -0.39 is 0 Å². The highest BCUT2D eigenvalue weighted by Gasteiger charge is 2.27. The maximum absolute atomic E-state index is 13.0. The van der Waals surface area contributed by atoms with Gasteiger partial charge in [0.05, 0.1) is 18.7 Å². The van der Waals surface area contributed by atoms with E-state index in [-0.39, 0.29) is 5.91 Å². The van der Waals surface area contributed by atoms with Crippen molar-refractivity contribution in [1.82, 2.24) is 4.90 Å². The first-order chi connectivity index (χ1) is 12.6. The van der Waals surface area contributed by atoms with Gasteiger partial charge in [0.2, 0.25) is 0 Å². The molecule has 0 spiro atoms. The molecule has 0 unspecified atom stereocenters. The summed E-state index contributed by atoms with van der Waals surface area (Å²) in [6.07, 6.45) is 0. The molecule has 4 nitrogen and oxygen atoms in total. The molecule has 0 fully saturated rings. The van der Waals surface area contributed by atoms with Gasteiger partial charge in [-0.1, -0.05) is 53.2 Å². The van der Waals surface area contributed by atoms with Crippen molar-refractivity contribution in [3.63, 3.8) is 0 Å². The number of carbonyl (C=O) groups is 1. The molecule has 0 radical (unpaired) electrons. The normalized spacial score (nSPS) is 13.7. The molecule has 2 aromatic rings. The number of benzene rings is 2. The molecule has 2 aromatic carbocycles. The van der Waals surface area contributed by atoms with Crippen LogP contribution in [0.3, 0.4) is 0 Å². The first kappa shape index (κ1) is 19.1. The van der Waals surface area contributed by atoms with E-state index >= 15 is 0 Å². The number of amidine groups is 1. The van der Waals surface area contributed by atoms with Gasteiger partial charge in [0, 0.05) is 22.3 Å². The SMILES string of the molecule is CCOc1ccccc1C(=O)N1CCN=C1SCc1ccc(Cl)cc1Cl. The van der Waals surface area contributed by atoms with Crippen molar-refractivity contribution < 1.29 is 9.53 Å². The minimum Gasteiger partial charge on any atom is -0.493 e. The quantitative estimate of drug-likeness (QED) is 0.687. The first-order valence-corrected chi connectivity index (χ1v) is 9.99. The average molecular weight is 409 g/mol. The molecule has 7 heteroatoms. The van der Waals surface area contributed by atoms with Gasteiger partial charge in [-0.05, 0) is 36.8 Å². The fraction of sp³-hybridized carbons (Fsp3) is 0.263. The Morgan fingerprint density at radius 2 is 2.08 bits per heavy atom.